The molecule has 0 aliphatic rings. The van der Waals surface area contributed by atoms with Crippen LogP contribution in [0, 0.1) is 13.8 Å². The van der Waals surface area contributed by atoms with Crippen LogP contribution in [0.25, 0.3) is 11.1 Å². The van der Waals surface area contributed by atoms with Crippen LogP contribution >= 0.6 is 0 Å². The van der Waals surface area contributed by atoms with E-state index in [4.69, 9.17) is 5.73 Å². The molecule has 0 saturated carbocycles. The average Bonchev–Trinajstić information content (AvgIpc) is 2.83. The van der Waals surface area contributed by atoms with E-state index < -0.39 is 6.04 Å². The number of carbonyl (C=O) groups is 1. The lowest BCUT2D eigenvalue weighted by Crippen LogP contribution is -2.41. The smallest absolute Gasteiger partial charge is 0.242 e. The lowest BCUT2D eigenvalue weighted by Gasteiger charge is -2.24. The van der Waals surface area contributed by atoms with Crippen molar-refractivity contribution in [1.29, 1.82) is 0 Å². The molecule has 1 atom stereocenters. The first-order valence-electron chi connectivity index (χ1n) is 10.7. The summed E-state index contributed by atoms with van der Waals surface area (Å²) in [5.74, 6) is -0.453. The van der Waals surface area contributed by atoms with Crippen LogP contribution in [0.1, 0.15) is 28.3 Å². The van der Waals surface area contributed by atoms with Crippen LogP contribution in [0.15, 0.2) is 97.2 Å². The highest BCUT2D eigenvalue weighted by atomic mass is 16.2. The number of aromatic nitrogens is 1. The molecule has 1 heterocycles. The maximum Gasteiger partial charge on any atom is 0.242 e. The minimum absolute atomic E-state index is 0.216. The van der Waals surface area contributed by atoms with E-state index in [9.17, 15) is 4.79 Å². The average molecular weight is 422 g/mol. The molecule has 1 amide bonds. The predicted molar refractivity (Wildman–Crippen MR) is 130 cm³/mol. The molecule has 0 fully saturated rings. The van der Waals surface area contributed by atoms with Crippen LogP contribution in [0.2, 0.25) is 0 Å². The van der Waals surface area contributed by atoms with Gasteiger partial charge in [0.2, 0.25) is 5.91 Å². The van der Waals surface area contributed by atoms with Gasteiger partial charge in [0.25, 0.3) is 0 Å². The second-order valence-electron chi connectivity index (χ2n) is 8.03. The van der Waals surface area contributed by atoms with Gasteiger partial charge in [0, 0.05) is 23.5 Å². The maximum absolute atomic E-state index is 13.1. The summed E-state index contributed by atoms with van der Waals surface area (Å²) >= 11 is 0. The van der Waals surface area contributed by atoms with E-state index in [1.807, 2.05) is 105 Å². The fourth-order valence-corrected chi connectivity index (χ4v) is 3.98. The van der Waals surface area contributed by atoms with E-state index in [1.54, 1.807) is 0 Å². The fraction of sp³-hybridized carbons (Fsp3) is 0.143. The fourth-order valence-electron chi connectivity index (χ4n) is 3.98. The first-order valence-corrected chi connectivity index (χ1v) is 10.7. The van der Waals surface area contributed by atoms with Crippen molar-refractivity contribution >= 4 is 11.6 Å². The third-order valence-electron chi connectivity index (χ3n) is 5.68. The zero-order valence-corrected chi connectivity index (χ0v) is 18.3. The molecular formula is C28H27N3O. The van der Waals surface area contributed by atoms with Gasteiger partial charge in [-0.3, -0.25) is 9.78 Å². The van der Waals surface area contributed by atoms with Crippen molar-refractivity contribution in [3.05, 3.63) is 120 Å². The van der Waals surface area contributed by atoms with E-state index in [-0.39, 0.29) is 11.8 Å². The van der Waals surface area contributed by atoms with Gasteiger partial charge >= 0.3 is 0 Å². The molecule has 3 aromatic carbocycles. The Morgan fingerprint density at radius 3 is 1.97 bits per heavy atom. The monoisotopic (exact) mass is 421 g/mol. The summed E-state index contributed by atoms with van der Waals surface area (Å²) in [7, 11) is 0. The first-order chi connectivity index (χ1) is 15.5. The van der Waals surface area contributed by atoms with Gasteiger partial charge in [-0.15, -0.1) is 0 Å². The molecule has 0 unspecified atom stereocenters. The summed E-state index contributed by atoms with van der Waals surface area (Å²) in [5.41, 5.74) is 13.6. The van der Waals surface area contributed by atoms with Gasteiger partial charge < -0.3 is 11.1 Å². The van der Waals surface area contributed by atoms with Crippen molar-refractivity contribution in [3.8, 4) is 11.1 Å². The number of carbonyl (C=O) groups excluding carboxylic acids is 1. The number of nitrogens with zero attached hydrogens (tertiary/aromatic N) is 1. The molecule has 160 valence electrons. The van der Waals surface area contributed by atoms with Crippen molar-refractivity contribution < 1.29 is 4.79 Å². The molecule has 4 nitrogen and oxygen atoms in total. The molecule has 0 bridgehead atoms. The molecule has 0 saturated heterocycles. The maximum atomic E-state index is 13.1. The van der Waals surface area contributed by atoms with Crippen LogP contribution in [-0.4, -0.2) is 16.9 Å². The Hall–Kier alpha value is -3.76. The summed E-state index contributed by atoms with van der Waals surface area (Å²) in [6.07, 6.45) is 1.88. The van der Waals surface area contributed by atoms with Gasteiger partial charge in [0.15, 0.2) is 0 Å². The first kappa shape index (κ1) is 21.5. The SMILES string of the molecule is Cc1cc(-c2ccc(NC(=O)[C@@H](N)C(c3ccccc3)c3ccccc3)cc2)c(C)cn1. The summed E-state index contributed by atoms with van der Waals surface area (Å²) < 4.78 is 0. The van der Waals surface area contributed by atoms with Crippen LogP contribution in [-0.2, 0) is 4.79 Å². The van der Waals surface area contributed by atoms with Gasteiger partial charge in [-0.05, 0) is 59.9 Å². The van der Waals surface area contributed by atoms with E-state index in [0.717, 1.165) is 39.2 Å². The molecule has 3 N–H and O–H groups in total. The summed E-state index contributed by atoms with van der Waals surface area (Å²) in [4.78, 5) is 17.4. The van der Waals surface area contributed by atoms with Crippen LogP contribution in [0.3, 0.4) is 0 Å². The number of rotatable bonds is 6. The number of pyridine rings is 1. The number of nitrogens with two attached hydrogens (primary N) is 1. The second-order valence-corrected chi connectivity index (χ2v) is 8.03. The quantitative estimate of drug-likeness (QED) is 0.434. The molecule has 1 aromatic heterocycles. The van der Waals surface area contributed by atoms with Gasteiger partial charge in [0.05, 0.1) is 6.04 Å². The summed E-state index contributed by atoms with van der Waals surface area (Å²) in [6.45, 7) is 4.03. The molecule has 4 aromatic rings. The topological polar surface area (TPSA) is 68.0 Å². The van der Waals surface area contributed by atoms with E-state index in [0.29, 0.717) is 0 Å². The van der Waals surface area contributed by atoms with Crippen molar-refractivity contribution in [2.24, 2.45) is 5.73 Å². The molecule has 0 aliphatic carbocycles. The van der Waals surface area contributed by atoms with Gasteiger partial charge in [-0.2, -0.15) is 0 Å². The van der Waals surface area contributed by atoms with Crippen molar-refractivity contribution in [3.63, 3.8) is 0 Å². The minimum atomic E-state index is -0.732. The molecule has 0 radical (unpaired) electrons. The summed E-state index contributed by atoms with van der Waals surface area (Å²) in [6, 6.07) is 29.0. The molecule has 32 heavy (non-hydrogen) atoms. The van der Waals surface area contributed by atoms with E-state index in [2.05, 4.69) is 16.4 Å². The largest absolute Gasteiger partial charge is 0.325 e. The molecule has 0 aliphatic heterocycles. The number of benzene rings is 3. The number of hydrogen-bond acceptors (Lipinski definition) is 3. The highest BCUT2D eigenvalue weighted by molar-refractivity contribution is 5.96. The Balaban J connectivity index is 1.55. The van der Waals surface area contributed by atoms with E-state index >= 15 is 0 Å². The highest BCUT2D eigenvalue weighted by Crippen LogP contribution is 2.29. The lowest BCUT2D eigenvalue weighted by molar-refractivity contribution is -0.117. The third kappa shape index (κ3) is 4.76. The predicted octanol–water partition coefficient (Wildman–Crippen LogP) is 5.46. The Kier molecular flexibility index (Phi) is 6.43. The molecule has 0 spiro atoms. The highest BCUT2D eigenvalue weighted by Gasteiger charge is 2.27. The molecule has 4 rings (SSSR count). The number of hydrogen-bond donors (Lipinski definition) is 2. The lowest BCUT2D eigenvalue weighted by atomic mass is 9.85. The third-order valence-corrected chi connectivity index (χ3v) is 5.68. The number of amides is 1. The van der Waals surface area contributed by atoms with Crippen LogP contribution in [0.4, 0.5) is 5.69 Å². The zero-order valence-electron chi connectivity index (χ0n) is 18.3. The Labute approximate surface area is 189 Å². The van der Waals surface area contributed by atoms with Gasteiger partial charge in [0.1, 0.15) is 0 Å². The Morgan fingerprint density at radius 2 is 1.41 bits per heavy atom. The normalized spacial score (nSPS) is 11.9. The Morgan fingerprint density at radius 1 is 0.844 bits per heavy atom. The number of aryl methyl sites for hydroxylation is 2. The second kappa shape index (κ2) is 9.58. The van der Waals surface area contributed by atoms with Gasteiger partial charge in [-0.1, -0.05) is 72.8 Å². The summed E-state index contributed by atoms with van der Waals surface area (Å²) in [5, 5.41) is 2.99. The Bertz CT molecular complexity index is 1150. The van der Waals surface area contributed by atoms with Crippen molar-refractivity contribution in [1.82, 2.24) is 4.98 Å². The molecule has 4 heteroatoms. The zero-order chi connectivity index (χ0) is 22.5. The van der Waals surface area contributed by atoms with Gasteiger partial charge in [-0.25, -0.2) is 0 Å². The standard InChI is InChI=1S/C28H27N3O/c1-19-18-30-20(2)17-25(19)21-13-15-24(16-14-21)31-28(32)27(29)26(22-9-5-3-6-10-22)23-11-7-4-8-12-23/h3-18,26-27H,29H2,1-2H3,(H,31,32)/t27-/m0/s1. The number of anilines is 1. The molecular weight excluding hydrogens is 394 g/mol. The van der Waals surface area contributed by atoms with E-state index in [1.165, 1.54) is 0 Å². The van der Waals surface area contributed by atoms with Crippen molar-refractivity contribution in [2.75, 3.05) is 5.32 Å². The minimum Gasteiger partial charge on any atom is -0.325 e. The number of nitrogens with one attached hydrogen (secondary N) is 1. The van der Waals surface area contributed by atoms with Crippen molar-refractivity contribution in [2.45, 2.75) is 25.8 Å². The van der Waals surface area contributed by atoms with Crippen LogP contribution in [0.5, 0.6) is 0 Å². The van der Waals surface area contributed by atoms with Crippen LogP contribution < -0.4 is 11.1 Å².